The molecule has 0 amide bonds. The highest BCUT2D eigenvalue weighted by molar-refractivity contribution is 9.10. The van der Waals surface area contributed by atoms with Crippen LogP contribution in [-0.4, -0.2) is 7.05 Å². The number of hydrogen-bond donors (Lipinski definition) is 1. The molecule has 0 aliphatic rings. The van der Waals surface area contributed by atoms with Crippen molar-refractivity contribution in [2.75, 3.05) is 7.05 Å². The van der Waals surface area contributed by atoms with E-state index in [-0.39, 0.29) is 11.6 Å². The maximum Gasteiger partial charge on any atom is 0.137 e. The lowest BCUT2D eigenvalue weighted by Gasteiger charge is -2.19. The first-order chi connectivity index (χ1) is 9.43. The van der Waals surface area contributed by atoms with E-state index in [0.717, 1.165) is 5.56 Å². The lowest BCUT2D eigenvalue weighted by Crippen LogP contribution is -2.19. The fourth-order valence-electron chi connectivity index (χ4n) is 1.95. The summed E-state index contributed by atoms with van der Waals surface area (Å²) < 4.78 is 28.2. The van der Waals surface area contributed by atoms with E-state index < -0.39 is 6.04 Å². The zero-order valence-electron chi connectivity index (χ0n) is 10.4. The van der Waals surface area contributed by atoms with Gasteiger partial charge in [-0.1, -0.05) is 17.7 Å². The molecular weight excluding hydrogens is 415 g/mol. The second-order valence-corrected chi connectivity index (χ2v) is 6.30. The van der Waals surface area contributed by atoms with E-state index in [4.69, 9.17) is 11.6 Å². The highest BCUT2D eigenvalue weighted by Gasteiger charge is 2.19. The molecule has 2 aromatic rings. The van der Waals surface area contributed by atoms with E-state index in [1.807, 2.05) is 0 Å². The normalized spacial score (nSPS) is 12.5. The van der Waals surface area contributed by atoms with Gasteiger partial charge in [-0.15, -0.1) is 0 Å². The molecule has 0 aliphatic carbocycles. The zero-order chi connectivity index (χ0) is 14.9. The minimum Gasteiger partial charge on any atom is -0.309 e. The van der Waals surface area contributed by atoms with Crippen LogP contribution in [0.25, 0.3) is 0 Å². The topological polar surface area (TPSA) is 12.0 Å². The number of nitrogens with one attached hydrogen (secondary N) is 1. The average Bonchev–Trinajstić information content (AvgIpc) is 2.40. The summed E-state index contributed by atoms with van der Waals surface area (Å²) in [6.45, 7) is 0. The minimum absolute atomic E-state index is 0.332. The minimum atomic E-state index is -0.419. The molecule has 6 heteroatoms. The van der Waals surface area contributed by atoms with Crippen molar-refractivity contribution in [3.8, 4) is 0 Å². The summed E-state index contributed by atoms with van der Waals surface area (Å²) in [6.07, 6.45) is 0. The molecule has 1 nitrogen and oxygen atoms in total. The van der Waals surface area contributed by atoms with Gasteiger partial charge in [-0.3, -0.25) is 0 Å². The molecule has 0 radical (unpaired) electrons. The van der Waals surface area contributed by atoms with Gasteiger partial charge in [0.25, 0.3) is 0 Å². The number of rotatable bonds is 3. The van der Waals surface area contributed by atoms with E-state index in [1.54, 1.807) is 25.2 Å². The second-order valence-electron chi connectivity index (χ2n) is 4.18. The predicted octanol–water partition coefficient (Wildman–Crippen LogP) is 5.45. The van der Waals surface area contributed by atoms with Crippen molar-refractivity contribution in [2.45, 2.75) is 6.04 Å². The molecule has 20 heavy (non-hydrogen) atoms. The summed E-state index contributed by atoms with van der Waals surface area (Å²) in [6, 6.07) is 7.02. The van der Waals surface area contributed by atoms with Crippen LogP contribution in [0.2, 0.25) is 5.02 Å². The lowest BCUT2D eigenvalue weighted by atomic mass is 9.98. The fraction of sp³-hybridized carbons (Fsp3) is 0.143. The van der Waals surface area contributed by atoms with Gasteiger partial charge in [0.1, 0.15) is 11.6 Å². The van der Waals surface area contributed by atoms with Crippen molar-refractivity contribution in [2.24, 2.45) is 0 Å². The van der Waals surface area contributed by atoms with E-state index in [2.05, 4.69) is 37.2 Å². The molecule has 2 aromatic carbocycles. The maximum atomic E-state index is 14.1. The van der Waals surface area contributed by atoms with Crippen molar-refractivity contribution in [3.05, 3.63) is 67.1 Å². The Kier molecular flexibility index (Phi) is 5.18. The number of hydrogen-bond acceptors (Lipinski definition) is 1. The van der Waals surface area contributed by atoms with Gasteiger partial charge in [0, 0.05) is 10.0 Å². The van der Waals surface area contributed by atoms with Crippen LogP contribution in [0, 0.1) is 11.6 Å². The Bertz CT molecular complexity index is 649. The van der Waals surface area contributed by atoms with Crippen molar-refractivity contribution in [1.29, 1.82) is 0 Å². The molecule has 106 valence electrons. The second kappa shape index (κ2) is 6.52. The van der Waals surface area contributed by atoms with Gasteiger partial charge in [-0.05, 0) is 68.7 Å². The third-order valence-corrected chi connectivity index (χ3v) is 4.72. The predicted molar refractivity (Wildman–Crippen MR) is 84.1 cm³/mol. The Hall–Kier alpha value is -0.490. The van der Waals surface area contributed by atoms with Crippen LogP contribution in [-0.2, 0) is 0 Å². The van der Waals surface area contributed by atoms with Crippen LogP contribution in [0.4, 0.5) is 8.78 Å². The van der Waals surface area contributed by atoms with Gasteiger partial charge < -0.3 is 5.32 Å². The molecule has 0 saturated heterocycles. The molecule has 0 aromatic heterocycles. The molecule has 0 fully saturated rings. The number of benzene rings is 2. The van der Waals surface area contributed by atoms with Gasteiger partial charge >= 0.3 is 0 Å². The van der Waals surface area contributed by atoms with Gasteiger partial charge in [0.2, 0.25) is 0 Å². The SMILES string of the molecule is CNC(c1ccc(F)c(Br)c1)c1cc(Cl)c(Br)cc1F. The first kappa shape index (κ1) is 15.9. The third-order valence-electron chi connectivity index (χ3n) is 2.92. The molecule has 0 saturated carbocycles. The summed E-state index contributed by atoms with van der Waals surface area (Å²) >= 11 is 12.3. The summed E-state index contributed by atoms with van der Waals surface area (Å²) in [4.78, 5) is 0. The van der Waals surface area contributed by atoms with Gasteiger partial charge in [-0.2, -0.15) is 0 Å². The summed E-state index contributed by atoms with van der Waals surface area (Å²) in [5.41, 5.74) is 1.14. The first-order valence-corrected chi connectivity index (χ1v) is 7.67. The zero-order valence-corrected chi connectivity index (χ0v) is 14.3. The highest BCUT2D eigenvalue weighted by Crippen LogP contribution is 2.32. The first-order valence-electron chi connectivity index (χ1n) is 5.70. The maximum absolute atomic E-state index is 14.1. The lowest BCUT2D eigenvalue weighted by molar-refractivity contribution is 0.573. The molecule has 0 bridgehead atoms. The molecule has 0 spiro atoms. The third kappa shape index (κ3) is 3.22. The van der Waals surface area contributed by atoms with E-state index >= 15 is 0 Å². The Morgan fingerprint density at radius 3 is 2.35 bits per heavy atom. The fourth-order valence-corrected chi connectivity index (χ4v) is 2.84. The summed E-state index contributed by atoms with van der Waals surface area (Å²) in [5.74, 6) is -0.751. The molecule has 0 aliphatic heterocycles. The van der Waals surface area contributed by atoms with Crippen LogP contribution in [0.1, 0.15) is 17.2 Å². The van der Waals surface area contributed by atoms with Crippen LogP contribution in [0.15, 0.2) is 39.3 Å². The average molecular weight is 425 g/mol. The summed E-state index contributed by atoms with van der Waals surface area (Å²) in [7, 11) is 1.71. The monoisotopic (exact) mass is 423 g/mol. The van der Waals surface area contributed by atoms with Crippen molar-refractivity contribution < 1.29 is 8.78 Å². The standard InChI is InChI=1S/C14H10Br2ClF2N/c1-20-14(7-2-3-12(18)10(16)4-7)8-5-11(17)9(15)6-13(8)19/h2-6,14,20H,1H3. The number of halogens is 5. The highest BCUT2D eigenvalue weighted by atomic mass is 79.9. The van der Waals surface area contributed by atoms with Crippen LogP contribution in [0.5, 0.6) is 0 Å². The van der Waals surface area contributed by atoms with E-state index in [1.165, 1.54) is 12.1 Å². The summed E-state index contributed by atoms with van der Waals surface area (Å²) in [5, 5.41) is 3.43. The van der Waals surface area contributed by atoms with Gasteiger partial charge in [-0.25, -0.2) is 8.78 Å². The Balaban J connectivity index is 2.52. The van der Waals surface area contributed by atoms with Gasteiger partial charge in [0.15, 0.2) is 0 Å². The smallest absolute Gasteiger partial charge is 0.137 e. The van der Waals surface area contributed by atoms with Crippen LogP contribution >= 0.6 is 43.5 Å². The largest absolute Gasteiger partial charge is 0.309 e. The van der Waals surface area contributed by atoms with Gasteiger partial charge in [0.05, 0.1) is 15.5 Å². The molecule has 1 atom stereocenters. The van der Waals surface area contributed by atoms with Crippen LogP contribution in [0.3, 0.4) is 0 Å². The quantitative estimate of drug-likeness (QED) is 0.645. The Morgan fingerprint density at radius 2 is 1.75 bits per heavy atom. The molecule has 1 unspecified atom stereocenters. The molecular formula is C14H10Br2ClF2N. The molecule has 0 heterocycles. The molecule has 2 rings (SSSR count). The van der Waals surface area contributed by atoms with E-state index in [0.29, 0.717) is 19.5 Å². The van der Waals surface area contributed by atoms with E-state index in [9.17, 15) is 8.78 Å². The van der Waals surface area contributed by atoms with Crippen LogP contribution < -0.4 is 5.32 Å². The Morgan fingerprint density at radius 1 is 1.05 bits per heavy atom. The van der Waals surface area contributed by atoms with Crippen molar-refractivity contribution in [3.63, 3.8) is 0 Å². The molecule has 1 N–H and O–H groups in total. The Labute approximate surface area is 137 Å². The van der Waals surface area contributed by atoms with Crippen molar-refractivity contribution in [1.82, 2.24) is 5.32 Å². The van der Waals surface area contributed by atoms with Crippen molar-refractivity contribution >= 4 is 43.5 Å².